The predicted octanol–water partition coefficient (Wildman–Crippen LogP) is 3.72. The molecule has 0 aliphatic heterocycles. The average Bonchev–Trinajstić information content (AvgIpc) is 2.85. The zero-order valence-corrected chi connectivity index (χ0v) is 12.8. The van der Waals surface area contributed by atoms with Crippen LogP contribution in [0.3, 0.4) is 0 Å². The second kappa shape index (κ2) is 6.17. The fourth-order valence-electron chi connectivity index (χ4n) is 1.88. The number of hydrogen-bond acceptors (Lipinski definition) is 4. The van der Waals surface area contributed by atoms with E-state index >= 15 is 0 Å². The van der Waals surface area contributed by atoms with Crippen LogP contribution in [0.2, 0.25) is 0 Å². The lowest BCUT2D eigenvalue weighted by Crippen LogP contribution is -2.22. The number of hydrogen-bond donors (Lipinski definition) is 1. The Morgan fingerprint density at radius 3 is 2.74 bits per heavy atom. The molecule has 19 heavy (non-hydrogen) atoms. The SMILES string of the molecule is Cc1ccccc1N(C)c1nc(CNC(C)C)cs1. The van der Waals surface area contributed by atoms with Gasteiger partial charge in [-0.2, -0.15) is 0 Å². The van der Waals surface area contributed by atoms with Crippen molar-refractivity contribution >= 4 is 22.2 Å². The molecule has 1 heterocycles. The van der Waals surface area contributed by atoms with Crippen LogP contribution in [0, 0.1) is 6.92 Å². The summed E-state index contributed by atoms with van der Waals surface area (Å²) in [6, 6.07) is 8.86. The maximum absolute atomic E-state index is 4.68. The summed E-state index contributed by atoms with van der Waals surface area (Å²) in [6.45, 7) is 7.25. The molecule has 0 saturated heterocycles. The van der Waals surface area contributed by atoms with Crippen LogP contribution in [0.25, 0.3) is 0 Å². The van der Waals surface area contributed by atoms with Gasteiger partial charge in [0.1, 0.15) is 0 Å². The van der Waals surface area contributed by atoms with Crippen molar-refractivity contribution < 1.29 is 0 Å². The third-order valence-corrected chi connectivity index (χ3v) is 3.96. The highest BCUT2D eigenvalue weighted by Gasteiger charge is 2.10. The predicted molar refractivity (Wildman–Crippen MR) is 83.3 cm³/mol. The molecule has 0 saturated carbocycles. The summed E-state index contributed by atoms with van der Waals surface area (Å²) in [4.78, 5) is 6.83. The Labute approximate surface area is 119 Å². The smallest absolute Gasteiger partial charge is 0.189 e. The molecule has 1 aromatic heterocycles. The van der Waals surface area contributed by atoms with Crippen molar-refractivity contribution in [3.05, 3.63) is 40.9 Å². The number of thiazole rings is 1. The fraction of sp³-hybridized carbons (Fsp3) is 0.400. The van der Waals surface area contributed by atoms with Crippen molar-refractivity contribution in [2.45, 2.75) is 33.4 Å². The van der Waals surface area contributed by atoms with Crippen molar-refractivity contribution in [3.63, 3.8) is 0 Å². The maximum Gasteiger partial charge on any atom is 0.189 e. The van der Waals surface area contributed by atoms with Crippen LogP contribution in [0.5, 0.6) is 0 Å². The Morgan fingerprint density at radius 2 is 2.05 bits per heavy atom. The number of aryl methyl sites for hydroxylation is 1. The van der Waals surface area contributed by atoms with Crippen LogP contribution in [-0.2, 0) is 6.54 Å². The molecule has 102 valence electrons. The van der Waals surface area contributed by atoms with Crippen LogP contribution < -0.4 is 10.2 Å². The van der Waals surface area contributed by atoms with E-state index in [0.29, 0.717) is 6.04 Å². The number of nitrogens with one attached hydrogen (secondary N) is 1. The fourth-order valence-corrected chi connectivity index (χ4v) is 2.69. The van der Waals surface area contributed by atoms with E-state index in [9.17, 15) is 0 Å². The number of benzene rings is 1. The summed E-state index contributed by atoms with van der Waals surface area (Å²) >= 11 is 1.69. The Balaban J connectivity index is 2.12. The monoisotopic (exact) mass is 275 g/mol. The van der Waals surface area contributed by atoms with E-state index in [4.69, 9.17) is 0 Å². The van der Waals surface area contributed by atoms with Crippen LogP contribution in [-0.4, -0.2) is 18.1 Å². The second-order valence-electron chi connectivity index (χ2n) is 5.00. The molecule has 1 N–H and O–H groups in total. The van der Waals surface area contributed by atoms with Gasteiger partial charge in [-0.3, -0.25) is 0 Å². The van der Waals surface area contributed by atoms with Crippen molar-refractivity contribution in [1.29, 1.82) is 0 Å². The van der Waals surface area contributed by atoms with Crippen LogP contribution in [0.4, 0.5) is 10.8 Å². The van der Waals surface area contributed by atoms with E-state index in [2.05, 4.69) is 72.7 Å². The lowest BCUT2D eigenvalue weighted by atomic mass is 10.2. The lowest BCUT2D eigenvalue weighted by molar-refractivity contribution is 0.583. The minimum absolute atomic E-state index is 0.485. The van der Waals surface area contributed by atoms with Gasteiger partial charge >= 0.3 is 0 Å². The molecular weight excluding hydrogens is 254 g/mol. The topological polar surface area (TPSA) is 28.2 Å². The zero-order chi connectivity index (χ0) is 13.8. The molecule has 0 radical (unpaired) electrons. The highest BCUT2D eigenvalue weighted by atomic mass is 32.1. The molecule has 0 amide bonds. The van der Waals surface area contributed by atoms with Gasteiger partial charge in [0.2, 0.25) is 0 Å². The summed E-state index contributed by atoms with van der Waals surface area (Å²) in [5, 5.41) is 6.55. The summed E-state index contributed by atoms with van der Waals surface area (Å²) < 4.78 is 0. The van der Waals surface area contributed by atoms with Crippen molar-refractivity contribution in [3.8, 4) is 0 Å². The minimum atomic E-state index is 0.485. The molecule has 0 spiro atoms. The number of rotatable bonds is 5. The van der Waals surface area contributed by atoms with Crippen LogP contribution >= 0.6 is 11.3 Å². The van der Waals surface area contributed by atoms with E-state index in [1.54, 1.807) is 11.3 Å². The second-order valence-corrected chi connectivity index (χ2v) is 5.84. The summed E-state index contributed by atoms with van der Waals surface area (Å²) in [5.41, 5.74) is 3.58. The maximum atomic E-state index is 4.68. The number of aromatic nitrogens is 1. The molecule has 0 fully saturated rings. The highest BCUT2D eigenvalue weighted by Crippen LogP contribution is 2.29. The first-order valence-electron chi connectivity index (χ1n) is 6.55. The van der Waals surface area contributed by atoms with Crippen LogP contribution in [0.15, 0.2) is 29.6 Å². The third kappa shape index (κ3) is 3.55. The lowest BCUT2D eigenvalue weighted by Gasteiger charge is -2.18. The molecule has 0 aliphatic carbocycles. The van der Waals surface area contributed by atoms with E-state index < -0.39 is 0 Å². The average molecular weight is 275 g/mol. The molecular formula is C15H21N3S. The van der Waals surface area contributed by atoms with Gasteiger partial charge in [0.25, 0.3) is 0 Å². The van der Waals surface area contributed by atoms with Gasteiger partial charge in [0.05, 0.1) is 5.69 Å². The number of nitrogens with zero attached hydrogens (tertiary/aromatic N) is 2. The first-order chi connectivity index (χ1) is 9.08. The Kier molecular flexibility index (Phi) is 4.56. The minimum Gasteiger partial charge on any atom is -0.321 e. The van der Waals surface area contributed by atoms with E-state index in [1.165, 1.54) is 11.3 Å². The van der Waals surface area contributed by atoms with E-state index in [-0.39, 0.29) is 0 Å². The Bertz CT molecular complexity index is 534. The first-order valence-corrected chi connectivity index (χ1v) is 7.43. The zero-order valence-electron chi connectivity index (χ0n) is 12.0. The van der Waals surface area contributed by atoms with E-state index in [0.717, 1.165) is 17.4 Å². The van der Waals surface area contributed by atoms with E-state index in [1.807, 2.05) is 0 Å². The van der Waals surface area contributed by atoms with Gasteiger partial charge in [-0.05, 0) is 18.6 Å². The largest absolute Gasteiger partial charge is 0.321 e. The van der Waals surface area contributed by atoms with Crippen molar-refractivity contribution in [2.24, 2.45) is 0 Å². The molecule has 0 aliphatic rings. The highest BCUT2D eigenvalue weighted by molar-refractivity contribution is 7.13. The molecule has 3 nitrogen and oxygen atoms in total. The normalized spacial score (nSPS) is 11.0. The first kappa shape index (κ1) is 14.0. The van der Waals surface area contributed by atoms with Gasteiger partial charge in [-0.1, -0.05) is 32.0 Å². The summed E-state index contributed by atoms with van der Waals surface area (Å²) in [5.74, 6) is 0. The van der Waals surface area contributed by atoms with Gasteiger partial charge in [0.15, 0.2) is 5.13 Å². The molecule has 1 aromatic carbocycles. The molecule has 2 rings (SSSR count). The Morgan fingerprint density at radius 1 is 1.32 bits per heavy atom. The Hall–Kier alpha value is -1.39. The van der Waals surface area contributed by atoms with Gasteiger partial charge < -0.3 is 10.2 Å². The summed E-state index contributed by atoms with van der Waals surface area (Å²) in [6.07, 6.45) is 0. The van der Waals surface area contributed by atoms with Crippen LogP contribution in [0.1, 0.15) is 25.1 Å². The van der Waals surface area contributed by atoms with Gasteiger partial charge in [0, 0.05) is 30.7 Å². The molecule has 4 heteroatoms. The summed E-state index contributed by atoms with van der Waals surface area (Å²) in [7, 11) is 2.07. The van der Waals surface area contributed by atoms with Crippen molar-refractivity contribution in [2.75, 3.05) is 11.9 Å². The number of para-hydroxylation sites is 1. The third-order valence-electron chi connectivity index (χ3n) is 2.99. The van der Waals surface area contributed by atoms with Gasteiger partial charge in [-0.25, -0.2) is 4.98 Å². The standard InChI is InChI=1S/C15H21N3S/c1-11(2)16-9-13-10-19-15(17-13)18(4)14-8-6-5-7-12(14)3/h5-8,10-11,16H,9H2,1-4H3. The molecule has 2 aromatic rings. The van der Waals surface area contributed by atoms with Gasteiger partial charge in [-0.15, -0.1) is 11.3 Å². The molecule has 0 bridgehead atoms. The quantitative estimate of drug-likeness (QED) is 0.901. The number of anilines is 2. The van der Waals surface area contributed by atoms with Crippen molar-refractivity contribution in [1.82, 2.24) is 10.3 Å². The molecule has 0 atom stereocenters. The molecule has 0 unspecified atom stereocenters.